The minimum Gasteiger partial charge on any atom is -0.325 e. The summed E-state index contributed by atoms with van der Waals surface area (Å²) in [5.74, 6) is 0. The summed E-state index contributed by atoms with van der Waals surface area (Å²) in [6.07, 6.45) is 0. The fraction of sp³-hybridized carbons (Fsp3) is 0.308. The molecule has 0 fully saturated rings. The van der Waals surface area contributed by atoms with Gasteiger partial charge in [0.2, 0.25) is 0 Å². The van der Waals surface area contributed by atoms with E-state index in [9.17, 15) is 0 Å². The van der Waals surface area contributed by atoms with Crippen LogP contribution in [-0.2, 0) is 13.6 Å². The molecule has 1 aromatic carbocycles. The Kier molecular flexibility index (Phi) is 2.79. The second-order valence-corrected chi connectivity index (χ2v) is 4.15. The summed E-state index contributed by atoms with van der Waals surface area (Å²) in [5, 5.41) is 4.46. The highest BCUT2D eigenvalue weighted by Crippen LogP contribution is 2.21. The molecular formula is C13H17N3. The average molecular weight is 215 g/mol. The second kappa shape index (κ2) is 4.10. The van der Waals surface area contributed by atoms with E-state index in [-0.39, 0.29) is 0 Å². The molecule has 0 aliphatic heterocycles. The third-order valence-electron chi connectivity index (χ3n) is 2.99. The SMILES string of the molecule is Cc1ccc(-c2cc(CN)n(C)n2)cc1C. The number of nitrogens with zero attached hydrogens (tertiary/aromatic N) is 2. The molecular weight excluding hydrogens is 198 g/mol. The number of rotatable bonds is 2. The van der Waals surface area contributed by atoms with E-state index in [1.807, 2.05) is 17.8 Å². The van der Waals surface area contributed by atoms with Crippen LogP contribution >= 0.6 is 0 Å². The van der Waals surface area contributed by atoms with Gasteiger partial charge in [-0.15, -0.1) is 0 Å². The monoisotopic (exact) mass is 215 g/mol. The summed E-state index contributed by atoms with van der Waals surface area (Å²) < 4.78 is 1.84. The highest BCUT2D eigenvalue weighted by molar-refractivity contribution is 5.61. The highest BCUT2D eigenvalue weighted by atomic mass is 15.3. The molecule has 3 heteroatoms. The van der Waals surface area contributed by atoms with E-state index in [0.29, 0.717) is 6.54 Å². The molecule has 1 aromatic heterocycles. The molecule has 0 spiro atoms. The van der Waals surface area contributed by atoms with Crippen molar-refractivity contribution in [2.24, 2.45) is 12.8 Å². The first-order valence-corrected chi connectivity index (χ1v) is 5.42. The van der Waals surface area contributed by atoms with Crippen LogP contribution in [0.2, 0.25) is 0 Å². The van der Waals surface area contributed by atoms with E-state index in [1.54, 1.807) is 0 Å². The van der Waals surface area contributed by atoms with Crippen molar-refractivity contribution in [3.63, 3.8) is 0 Å². The van der Waals surface area contributed by atoms with Gasteiger partial charge in [-0.05, 0) is 37.1 Å². The molecule has 84 valence electrons. The van der Waals surface area contributed by atoms with Crippen LogP contribution in [0.3, 0.4) is 0 Å². The van der Waals surface area contributed by atoms with Crippen LogP contribution in [0.5, 0.6) is 0 Å². The normalized spacial score (nSPS) is 10.8. The van der Waals surface area contributed by atoms with Crippen molar-refractivity contribution in [1.82, 2.24) is 9.78 Å². The van der Waals surface area contributed by atoms with Crippen molar-refractivity contribution in [3.8, 4) is 11.3 Å². The zero-order chi connectivity index (χ0) is 11.7. The number of hydrogen-bond donors (Lipinski definition) is 1. The Morgan fingerprint density at radius 1 is 1.19 bits per heavy atom. The molecule has 0 saturated heterocycles. The van der Waals surface area contributed by atoms with Crippen molar-refractivity contribution < 1.29 is 0 Å². The minimum absolute atomic E-state index is 0.522. The van der Waals surface area contributed by atoms with Gasteiger partial charge in [-0.25, -0.2) is 0 Å². The number of hydrogen-bond acceptors (Lipinski definition) is 2. The Morgan fingerprint density at radius 2 is 1.94 bits per heavy atom. The van der Waals surface area contributed by atoms with Crippen molar-refractivity contribution in [1.29, 1.82) is 0 Å². The second-order valence-electron chi connectivity index (χ2n) is 4.15. The Balaban J connectivity index is 2.46. The summed E-state index contributed by atoms with van der Waals surface area (Å²) in [5.41, 5.74) is 11.4. The Morgan fingerprint density at radius 3 is 2.50 bits per heavy atom. The smallest absolute Gasteiger partial charge is 0.0926 e. The van der Waals surface area contributed by atoms with Gasteiger partial charge in [0, 0.05) is 19.2 Å². The summed E-state index contributed by atoms with van der Waals surface area (Å²) in [6, 6.07) is 8.44. The molecule has 0 amide bonds. The van der Waals surface area contributed by atoms with Gasteiger partial charge in [-0.1, -0.05) is 12.1 Å². The van der Waals surface area contributed by atoms with Gasteiger partial charge in [0.1, 0.15) is 0 Å². The maximum absolute atomic E-state index is 5.64. The molecule has 2 N–H and O–H groups in total. The zero-order valence-corrected chi connectivity index (χ0v) is 9.99. The first-order chi connectivity index (χ1) is 7.61. The van der Waals surface area contributed by atoms with Gasteiger partial charge < -0.3 is 5.73 Å². The van der Waals surface area contributed by atoms with E-state index < -0.39 is 0 Å². The van der Waals surface area contributed by atoms with E-state index in [4.69, 9.17) is 5.73 Å². The number of nitrogens with two attached hydrogens (primary N) is 1. The molecule has 3 nitrogen and oxygen atoms in total. The van der Waals surface area contributed by atoms with Crippen molar-refractivity contribution in [2.75, 3.05) is 0 Å². The molecule has 0 atom stereocenters. The predicted molar refractivity (Wildman–Crippen MR) is 66.0 cm³/mol. The lowest BCUT2D eigenvalue weighted by molar-refractivity contribution is 0.714. The standard InChI is InChI=1S/C13H17N3/c1-9-4-5-11(6-10(9)2)13-7-12(8-14)16(3)15-13/h4-7H,8,14H2,1-3H3. The van der Waals surface area contributed by atoms with Crippen molar-refractivity contribution in [3.05, 3.63) is 41.1 Å². The molecule has 0 aliphatic rings. The Bertz CT molecular complexity index is 512. The van der Waals surface area contributed by atoms with E-state index >= 15 is 0 Å². The highest BCUT2D eigenvalue weighted by Gasteiger charge is 2.06. The molecule has 0 radical (unpaired) electrons. The summed E-state index contributed by atoms with van der Waals surface area (Å²) >= 11 is 0. The largest absolute Gasteiger partial charge is 0.325 e. The third-order valence-corrected chi connectivity index (χ3v) is 2.99. The maximum atomic E-state index is 5.64. The molecule has 0 aliphatic carbocycles. The quantitative estimate of drug-likeness (QED) is 0.834. The Labute approximate surface area is 95.9 Å². The lowest BCUT2D eigenvalue weighted by atomic mass is 10.0. The number of aryl methyl sites for hydroxylation is 3. The average Bonchev–Trinajstić information content (AvgIpc) is 2.64. The van der Waals surface area contributed by atoms with E-state index in [1.165, 1.54) is 11.1 Å². The van der Waals surface area contributed by atoms with Gasteiger partial charge in [-0.2, -0.15) is 5.10 Å². The van der Waals surface area contributed by atoms with Crippen LogP contribution in [0, 0.1) is 13.8 Å². The fourth-order valence-electron chi connectivity index (χ4n) is 1.74. The summed E-state index contributed by atoms with van der Waals surface area (Å²) in [7, 11) is 1.92. The Hall–Kier alpha value is -1.61. The molecule has 16 heavy (non-hydrogen) atoms. The zero-order valence-electron chi connectivity index (χ0n) is 9.99. The van der Waals surface area contributed by atoms with Gasteiger partial charge in [0.15, 0.2) is 0 Å². The van der Waals surface area contributed by atoms with Crippen LogP contribution in [-0.4, -0.2) is 9.78 Å². The minimum atomic E-state index is 0.522. The van der Waals surface area contributed by atoms with Crippen molar-refractivity contribution >= 4 is 0 Å². The molecule has 0 bridgehead atoms. The summed E-state index contributed by atoms with van der Waals surface area (Å²) in [6.45, 7) is 4.75. The van der Waals surface area contributed by atoms with Gasteiger partial charge in [0.25, 0.3) is 0 Å². The van der Waals surface area contributed by atoms with Gasteiger partial charge in [0.05, 0.1) is 11.4 Å². The third kappa shape index (κ3) is 1.86. The van der Waals surface area contributed by atoms with Crippen LogP contribution in [0.15, 0.2) is 24.3 Å². The maximum Gasteiger partial charge on any atom is 0.0926 e. The van der Waals surface area contributed by atoms with Crippen LogP contribution in [0.1, 0.15) is 16.8 Å². The van der Waals surface area contributed by atoms with E-state index in [2.05, 4.69) is 37.1 Å². The lowest BCUT2D eigenvalue weighted by Gasteiger charge is -2.02. The number of aromatic nitrogens is 2. The van der Waals surface area contributed by atoms with Gasteiger partial charge in [-0.3, -0.25) is 4.68 Å². The van der Waals surface area contributed by atoms with Gasteiger partial charge >= 0.3 is 0 Å². The molecule has 0 saturated carbocycles. The molecule has 2 rings (SSSR count). The lowest BCUT2D eigenvalue weighted by Crippen LogP contribution is -2.03. The van der Waals surface area contributed by atoms with Crippen LogP contribution in [0.25, 0.3) is 11.3 Å². The fourth-order valence-corrected chi connectivity index (χ4v) is 1.74. The molecule has 2 aromatic rings. The predicted octanol–water partition coefficient (Wildman–Crippen LogP) is 2.16. The molecule has 0 unspecified atom stereocenters. The summed E-state index contributed by atoms with van der Waals surface area (Å²) in [4.78, 5) is 0. The number of benzene rings is 1. The van der Waals surface area contributed by atoms with E-state index in [0.717, 1.165) is 17.0 Å². The first-order valence-electron chi connectivity index (χ1n) is 5.42. The van der Waals surface area contributed by atoms with Crippen LogP contribution < -0.4 is 5.73 Å². The van der Waals surface area contributed by atoms with Crippen molar-refractivity contribution in [2.45, 2.75) is 20.4 Å². The first kappa shape index (κ1) is 10.9. The van der Waals surface area contributed by atoms with Crippen LogP contribution in [0.4, 0.5) is 0 Å². The topological polar surface area (TPSA) is 43.8 Å². The molecule has 1 heterocycles.